The minimum atomic E-state index is 0.132. The highest BCUT2D eigenvalue weighted by molar-refractivity contribution is 14.1. The largest absolute Gasteiger partial charge is 0.361 e. The Balaban J connectivity index is 2.63. The molecular formula is C11H22INO. The molecule has 3 heteroatoms. The molecule has 0 aliphatic carbocycles. The number of halogens is 1. The van der Waals surface area contributed by atoms with E-state index >= 15 is 0 Å². The van der Waals surface area contributed by atoms with E-state index in [1.165, 1.54) is 25.9 Å². The molecule has 1 aliphatic rings. The first-order valence-electron chi connectivity index (χ1n) is 5.47. The lowest BCUT2D eigenvalue weighted by atomic mass is 9.81. The Bertz CT molecular complexity index is 174. The number of hydrogen-bond acceptors (Lipinski definition) is 2. The Morgan fingerprint density at radius 1 is 1.21 bits per heavy atom. The van der Waals surface area contributed by atoms with E-state index in [0.29, 0.717) is 10.0 Å². The second-order valence-electron chi connectivity index (χ2n) is 4.68. The zero-order chi connectivity index (χ0) is 10.8. The molecular weight excluding hydrogens is 289 g/mol. The van der Waals surface area contributed by atoms with Gasteiger partial charge in [0, 0.05) is 13.1 Å². The van der Waals surface area contributed by atoms with Crippen LogP contribution in [0.2, 0.25) is 0 Å². The third kappa shape index (κ3) is 3.07. The highest BCUT2D eigenvalue weighted by Gasteiger charge is 2.38. The normalized spacial score (nSPS) is 25.3. The minimum absolute atomic E-state index is 0.132. The van der Waals surface area contributed by atoms with Crippen LogP contribution in [0.15, 0.2) is 0 Å². The van der Waals surface area contributed by atoms with Crippen molar-refractivity contribution in [2.45, 2.75) is 43.3 Å². The van der Waals surface area contributed by atoms with Gasteiger partial charge in [-0.15, -0.1) is 0 Å². The molecule has 1 atom stereocenters. The van der Waals surface area contributed by atoms with E-state index in [4.69, 9.17) is 4.74 Å². The average molecular weight is 311 g/mol. The summed E-state index contributed by atoms with van der Waals surface area (Å²) in [4.78, 5) is 2.39. The van der Waals surface area contributed by atoms with E-state index in [0.717, 1.165) is 0 Å². The van der Waals surface area contributed by atoms with Crippen LogP contribution in [0, 0.1) is 5.92 Å². The molecule has 0 aromatic heterocycles. The van der Waals surface area contributed by atoms with Crippen molar-refractivity contribution in [1.29, 1.82) is 0 Å². The van der Waals surface area contributed by atoms with Crippen molar-refractivity contribution in [3.05, 3.63) is 0 Å². The zero-order valence-corrected chi connectivity index (χ0v) is 11.9. The SMILES string of the molecule is CC(C)C1(O[C@H](C)I)CCN(C)CC1. The lowest BCUT2D eigenvalue weighted by molar-refractivity contribution is -0.112. The molecule has 1 heterocycles. The van der Waals surface area contributed by atoms with Gasteiger partial charge in [-0.3, -0.25) is 0 Å². The molecule has 0 amide bonds. The van der Waals surface area contributed by atoms with Crippen LogP contribution in [-0.2, 0) is 4.74 Å². The maximum absolute atomic E-state index is 6.15. The predicted molar refractivity (Wildman–Crippen MR) is 68.9 cm³/mol. The summed E-state index contributed by atoms with van der Waals surface area (Å²) in [5.41, 5.74) is 0.132. The Hall–Kier alpha value is 0.650. The fourth-order valence-corrected chi connectivity index (χ4v) is 2.66. The molecule has 14 heavy (non-hydrogen) atoms. The second kappa shape index (κ2) is 5.12. The minimum Gasteiger partial charge on any atom is -0.361 e. The zero-order valence-electron chi connectivity index (χ0n) is 9.72. The van der Waals surface area contributed by atoms with E-state index in [-0.39, 0.29) is 5.60 Å². The number of hydrogen-bond donors (Lipinski definition) is 0. The van der Waals surface area contributed by atoms with Crippen LogP contribution in [0.4, 0.5) is 0 Å². The summed E-state index contributed by atoms with van der Waals surface area (Å²) < 4.78 is 6.47. The van der Waals surface area contributed by atoms with Crippen molar-refractivity contribution in [3.8, 4) is 0 Å². The van der Waals surface area contributed by atoms with Gasteiger partial charge in [0.25, 0.3) is 0 Å². The van der Waals surface area contributed by atoms with Gasteiger partial charge >= 0.3 is 0 Å². The Morgan fingerprint density at radius 3 is 2.07 bits per heavy atom. The molecule has 0 aromatic carbocycles. The molecule has 0 radical (unpaired) electrons. The monoisotopic (exact) mass is 311 g/mol. The summed E-state index contributed by atoms with van der Waals surface area (Å²) in [5.74, 6) is 0.619. The third-order valence-electron chi connectivity index (χ3n) is 3.28. The smallest absolute Gasteiger partial charge is 0.106 e. The second-order valence-corrected chi connectivity index (χ2v) is 6.44. The number of likely N-dealkylation sites (tertiary alicyclic amines) is 1. The maximum atomic E-state index is 6.15. The molecule has 0 spiro atoms. The topological polar surface area (TPSA) is 12.5 Å². The van der Waals surface area contributed by atoms with Gasteiger partial charge in [-0.05, 0) is 32.7 Å². The van der Waals surface area contributed by atoms with Gasteiger partial charge in [-0.2, -0.15) is 0 Å². The summed E-state index contributed by atoms with van der Waals surface area (Å²) in [5, 5.41) is 0. The van der Waals surface area contributed by atoms with Crippen molar-refractivity contribution in [2.75, 3.05) is 20.1 Å². The Labute approximate surface area is 102 Å². The molecule has 0 N–H and O–H groups in total. The van der Waals surface area contributed by atoms with Gasteiger partial charge in [0.15, 0.2) is 0 Å². The molecule has 1 aliphatic heterocycles. The summed E-state index contributed by atoms with van der Waals surface area (Å²) in [7, 11) is 2.19. The van der Waals surface area contributed by atoms with Gasteiger partial charge in [0.05, 0.1) is 5.60 Å². The molecule has 2 nitrogen and oxygen atoms in total. The number of piperidine rings is 1. The van der Waals surface area contributed by atoms with Crippen LogP contribution in [0.5, 0.6) is 0 Å². The average Bonchev–Trinajstić information content (AvgIpc) is 2.08. The number of rotatable bonds is 3. The first kappa shape index (κ1) is 12.7. The Morgan fingerprint density at radius 2 is 1.71 bits per heavy atom. The number of alkyl halides is 1. The molecule has 0 saturated carbocycles. The fourth-order valence-electron chi connectivity index (χ4n) is 2.15. The summed E-state index contributed by atoms with van der Waals surface area (Å²) in [6.07, 6.45) is 2.35. The van der Waals surface area contributed by atoms with Crippen molar-refractivity contribution in [2.24, 2.45) is 5.92 Å². The lowest BCUT2D eigenvalue weighted by Crippen LogP contribution is -2.49. The Kier molecular flexibility index (Phi) is 4.65. The lowest BCUT2D eigenvalue weighted by Gasteiger charge is -2.44. The first-order chi connectivity index (χ1) is 6.46. The van der Waals surface area contributed by atoms with Crippen LogP contribution in [0.3, 0.4) is 0 Å². The van der Waals surface area contributed by atoms with Gasteiger partial charge in [-0.25, -0.2) is 0 Å². The highest BCUT2D eigenvalue weighted by Crippen LogP contribution is 2.35. The predicted octanol–water partition coefficient (Wildman–Crippen LogP) is 2.90. The van der Waals surface area contributed by atoms with Crippen molar-refractivity contribution >= 4 is 22.6 Å². The van der Waals surface area contributed by atoms with Crippen molar-refractivity contribution < 1.29 is 4.74 Å². The van der Waals surface area contributed by atoms with Crippen LogP contribution >= 0.6 is 22.6 Å². The molecule has 1 rings (SSSR count). The van der Waals surface area contributed by atoms with Crippen molar-refractivity contribution in [3.63, 3.8) is 0 Å². The summed E-state index contributed by atoms with van der Waals surface area (Å²) in [6, 6.07) is 0. The third-order valence-corrected chi connectivity index (χ3v) is 3.54. The maximum Gasteiger partial charge on any atom is 0.106 e. The quantitative estimate of drug-likeness (QED) is 0.587. The van der Waals surface area contributed by atoms with Crippen LogP contribution in [0.25, 0.3) is 0 Å². The van der Waals surface area contributed by atoms with Crippen molar-refractivity contribution in [1.82, 2.24) is 4.90 Å². The van der Waals surface area contributed by atoms with Gasteiger partial charge < -0.3 is 9.64 Å². The van der Waals surface area contributed by atoms with E-state index in [1.807, 2.05) is 0 Å². The van der Waals surface area contributed by atoms with E-state index in [2.05, 4.69) is 55.3 Å². The fraction of sp³-hybridized carbons (Fsp3) is 1.00. The number of ether oxygens (including phenoxy) is 1. The highest BCUT2D eigenvalue weighted by atomic mass is 127. The first-order valence-corrected chi connectivity index (χ1v) is 6.71. The molecule has 0 unspecified atom stereocenters. The van der Waals surface area contributed by atoms with Crippen LogP contribution in [0.1, 0.15) is 33.6 Å². The summed E-state index contributed by atoms with van der Waals surface area (Å²) in [6.45, 7) is 9.03. The van der Waals surface area contributed by atoms with E-state index in [9.17, 15) is 0 Å². The van der Waals surface area contributed by atoms with Crippen LogP contribution in [-0.4, -0.2) is 34.7 Å². The van der Waals surface area contributed by atoms with Gasteiger partial charge in [0.2, 0.25) is 0 Å². The molecule has 0 aromatic rings. The van der Waals surface area contributed by atoms with Crippen LogP contribution < -0.4 is 0 Å². The van der Waals surface area contributed by atoms with Gasteiger partial charge in [-0.1, -0.05) is 36.4 Å². The molecule has 1 saturated heterocycles. The molecule has 0 bridgehead atoms. The van der Waals surface area contributed by atoms with E-state index in [1.54, 1.807) is 0 Å². The molecule has 84 valence electrons. The summed E-state index contributed by atoms with van der Waals surface area (Å²) >= 11 is 2.36. The molecule has 1 fully saturated rings. The standard InChI is InChI=1S/C11H22INO/c1-9(2)11(14-10(3)12)5-7-13(4)8-6-11/h9-10H,5-8H2,1-4H3/t10-/m1/s1. The van der Waals surface area contributed by atoms with E-state index < -0.39 is 0 Å². The van der Waals surface area contributed by atoms with Gasteiger partial charge in [0.1, 0.15) is 4.11 Å². The number of nitrogens with zero attached hydrogens (tertiary/aromatic N) is 1.